The lowest BCUT2D eigenvalue weighted by Crippen LogP contribution is -1.84. The van der Waals surface area contributed by atoms with Gasteiger partial charge in [-0.25, -0.2) is 4.98 Å². The van der Waals surface area contributed by atoms with Crippen molar-refractivity contribution in [3.8, 4) is 17.4 Å². The zero-order valence-corrected chi connectivity index (χ0v) is 16.5. The number of nitrogens with zero attached hydrogens (tertiary/aromatic N) is 2. The normalized spacial score (nSPS) is 11.7. The van der Waals surface area contributed by atoms with Crippen LogP contribution in [0.5, 0.6) is 0 Å². The summed E-state index contributed by atoms with van der Waals surface area (Å²) in [7, 11) is 0. The average Bonchev–Trinajstić information content (AvgIpc) is 3.27. The fourth-order valence-electron chi connectivity index (χ4n) is 2.89. The highest BCUT2D eigenvalue weighted by atomic mass is 79.9. The van der Waals surface area contributed by atoms with Gasteiger partial charge in [-0.15, -0.1) is 0 Å². The smallest absolute Gasteiger partial charge is 0.149 e. The van der Waals surface area contributed by atoms with Crippen LogP contribution in [0.25, 0.3) is 34.0 Å². The minimum absolute atomic E-state index is 0.429. The summed E-state index contributed by atoms with van der Waals surface area (Å²) in [6.07, 6.45) is 1.71. The molecular weight excluding hydrogens is 402 g/mol. The minimum Gasteiger partial charge on any atom is -0.457 e. The molecule has 4 aromatic rings. The number of halogens is 1. The van der Waals surface area contributed by atoms with E-state index in [0.29, 0.717) is 17.2 Å². The zero-order valence-electron chi connectivity index (χ0n) is 14.9. The Hall–Kier alpha value is -3.10. The van der Waals surface area contributed by atoms with Gasteiger partial charge >= 0.3 is 0 Å². The number of fused-ring (bicyclic) bond motifs is 1. The number of nitriles is 1. The third-order valence-electron chi connectivity index (χ3n) is 4.52. The van der Waals surface area contributed by atoms with Crippen LogP contribution in [0.2, 0.25) is 0 Å². The average molecular weight is 418 g/mol. The molecule has 4 nitrogen and oxygen atoms in total. The van der Waals surface area contributed by atoms with Crippen molar-refractivity contribution in [2.24, 2.45) is 0 Å². The third-order valence-corrected chi connectivity index (χ3v) is 5.04. The monoisotopic (exact) mass is 417 g/mol. The first-order valence-corrected chi connectivity index (χ1v) is 9.28. The number of rotatable bonds is 3. The first kappa shape index (κ1) is 17.3. The summed E-state index contributed by atoms with van der Waals surface area (Å²) in [5.41, 5.74) is 5.54. The molecule has 4 rings (SSSR count). The number of H-pyrrole nitrogens is 1. The largest absolute Gasteiger partial charge is 0.457 e. The highest BCUT2D eigenvalue weighted by Crippen LogP contribution is 2.27. The van der Waals surface area contributed by atoms with E-state index in [1.165, 1.54) is 11.1 Å². The number of imidazole rings is 1. The van der Waals surface area contributed by atoms with Gasteiger partial charge in [-0.1, -0.05) is 28.1 Å². The molecule has 0 aliphatic carbocycles. The Labute approximate surface area is 165 Å². The number of benzene rings is 2. The predicted molar refractivity (Wildman–Crippen MR) is 111 cm³/mol. The Bertz CT molecular complexity index is 1170. The van der Waals surface area contributed by atoms with Gasteiger partial charge in [0.25, 0.3) is 0 Å². The molecule has 0 aliphatic rings. The second kappa shape index (κ2) is 6.90. The van der Waals surface area contributed by atoms with E-state index in [0.717, 1.165) is 26.8 Å². The first-order valence-electron chi connectivity index (χ1n) is 8.48. The van der Waals surface area contributed by atoms with Crippen molar-refractivity contribution in [3.05, 3.63) is 75.7 Å². The summed E-state index contributed by atoms with van der Waals surface area (Å²) >= 11 is 3.43. The molecule has 2 aromatic carbocycles. The molecule has 2 aromatic heterocycles. The Kier molecular flexibility index (Phi) is 4.43. The summed E-state index contributed by atoms with van der Waals surface area (Å²) in [4.78, 5) is 7.79. The van der Waals surface area contributed by atoms with Crippen molar-refractivity contribution in [2.45, 2.75) is 13.8 Å². The molecule has 0 spiro atoms. The first-order chi connectivity index (χ1) is 13.0. The number of hydrogen-bond donors (Lipinski definition) is 1. The van der Waals surface area contributed by atoms with Crippen molar-refractivity contribution in [1.82, 2.24) is 9.97 Å². The minimum atomic E-state index is 0.429. The molecule has 0 radical (unpaired) electrons. The summed E-state index contributed by atoms with van der Waals surface area (Å²) in [5.74, 6) is 1.90. The highest BCUT2D eigenvalue weighted by molar-refractivity contribution is 9.10. The second-order valence-corrected chi connectivity index (χ2v) is 7.33. The predicted octanol–water partition coefficient (Wildman–Crippen LogP) is 6.27. The van der Waals surface area contributed by atoms with Crippen LogP contribution in [0.15, 0.2) is 57.4 Å². The molecule has 5 heteroatoms. The van der Waals surface area contributed by atoms with E-state index in [1.807, 2.05) is 42.5 Å². The van der Waals surface area contributed by atoms with E-state index in [-0.39, 0.29) is 0 Å². The Morgan fingerprint density at radius 3 is 2.59 bits per heavy atom. The number of nitrogens with one attached hydrogen (secondary N) is 1. The number of hydrogen-bond acceptors (Lipinski definition) is 3. The van der Waals surface area contributed by atoms with Gasteiger partial charge in [-0.05, 0) is 61.4 Å². The van der Waals surface area contributed by atoms with Gasteiger partial charge in [0.1, 0.15) is 23.4 Å². The molecule has 1 N–H and O–H groups in total. The lowest BCUT2D eigenvalue weighted by Gasteiger charge is -1.97. The Morgan fingerprint density at radius 2 is 1.85 bits per heavy atom. The fraction of sp³-hybridized carbons (Fsp3) is 0.0909. The molecule has 0 saturated carbocycles. The molecule has 0 fully saturated rings. The molecule has 0 aliphatic heterocycles. The Morgan fingerprint density at radius 1 is 1.11 bits per heavy atom. The molecule has 0 saturated heterocycles. The van der Waals surface area contributed by atoms with Gasteiger partial charge in [0.2, 0.25) is 0 Å². The van der Waals surface area contributed by atoms with E-state index >= 15 is 0 Å². The van der Waals surface area contributed by atoms with E-state index in [4.69, 9.17) is 4.42 Å². The van der Waals surface area contributed by atoms with Gasteiger partial charge in [-0.3, -0.25) is 0 Å². The number of aromatic amines is 1. The van der Waals surface area contributed by atoms with Crippen molar-refractivity contribution in [1.29, 1.82) is 5.26 Å². The fourth-order valence-corrected chi connectivity index (χ4v) is 3.16. The summed E-state index contributed by atoms with van der Waals surface area (Å²) in [6.45, 7) is 4.11. The van der Waals surface area contributed by atoms with E-state index in [1.54, 1.807) is 6.08 Å². The highest BCUT2D eigenvalue weighted by Gasteiger charge is 2.11. The number of aryl methyl sites for hydroxylation is 2. The standard InChI is InChI=1S/C22H16BrN3O/c1-13-9-19-20(10-14(13)2)26-22(25-19)16(12-24)11-18-7-8-21(27-18)15-3-5-17(23)6-4-15/h3-11H,1-2H3,(H,25,26)/b16-11+. The number of allylic oxidation sites excluding steroid dienone is 1. The van der Waals surface area contributed by atoms with Crippen LogP contribution in [0, 0.1) is 25.2 Å². The van der Waals surface area contributed by atoms with Crippen molar-refractivity contribution >= 4 is 38.6 Å². The molecule has 0 bridgehead atoms. The van der Waals surface area contributed by atoms with Crippen LogP contribution in [0.1, 0.15) is 22.7 Å². The lowest BCUT2D eigenvalue weighted by molar-refractivity contribution is 0.572. The Balaban J connectivity index is 1.70. The maximum Gasteiger partial charge on any atom is 0.149 e. The third kappa shape index (κ3) is 3.44. The molecule has 2 heterocycles. The summed E-state index contributed by atoms with van der Waals surface area (Å²) < 4.78 is 6.91. The van der Waals surface area contributed by atoms with E-state index in [9.17, 15) is 5.26 Å². The van der Waals surface area contributed by atoms with Crippen LogP contribution in [0.4, 0.5) is 0 Å². The van der Waals surface area contributed by atoms with Crippen LogP contribution in [-0.2, 0) is 0 Å². The molecule has 27 heavy (non-hydrogen) atoms. The maximum absolute atomic E-state index is 9.60. The zero-order chi connectivity index (χ0) is 19.0. The number of furan rings is 1. The molecule has 0 amide bonds. The summed E-state index contributed by atoms with van der Waals surface area (Å²) in [6, 6.07) is 17.9. The molecular formula is C22H16BrN3O. The lowest BCUT2D eigenvalue weighted by atomic mass is 10.1. The van der Waals surface area contributed by atoms with Gasteiger partial charge in [0.15, 0.2) is 0 Å². The second-order valence-electron chi connectivity index (χ2n) is 6.42. The van der Waals surface area contributed by atoms with Crippen LogP contribution in [-0.4, -0.2) is 9.97 Å². The van der Waals surface area contributed by atoms with Crippen LogP contribution < -0.4 is 0 Å². The quantitative estimate of drug-likeness (QED) is 0.399. The SMILES string of the molecule is Cc1cc2nc(/C(C#N)=C/c3ccc(-c4ccc(Br)cc4)o3)[nH]c2cc1C. The number of aromatic nitrogens is 2. The topological polar surface area (TPSA) is 65.6 Å². The summed E-state index contributed by atoms with van der Waals surface area (Å²) in [5, 5.41) is 9.60. The molecule has 0 unspecified atom stereocenters. The van der Waals surface area contributed by atoms with Gasteiger partial charge in [0, 0.05) is 16.1 Å². The van der Waals surface area contributed by atoms with Gasteiger partial charge in [0.05, 0.1) is 16.6 Å². The van der Waals surface area contributed by atoms with Crippen molar-refractivity contribution in [2.75, 3.05) is 0 Å². The van der Waals surface area contributed by atoms with Crippen LogP contribution >= 0.6 is 15.9 Å². The van der Waals surface area contributed by atoms with Gasteiger partial charge < -0.3 is 9.40 Å². The van der Waals surface area contributed by atoms with E-state index in [2.05, 4.69) is 51.9 Å². The van der Waals surface area contributed by atoms with E-state index < -0.39 is 0 Å². The van der Waals surface area contributed by atoms with Crippen molar-refractivity contribution < 1.29 is 4.42 Å². The molecule has 132 valence electrons. The van der Waals surface area contributed by atoms with Crippen molar-refractivity contribution in [3.63, 3.8) is 0 Å². The molecule has 0 atom stereocenters. The maximum atomic E-state index is 9.60. The van der Waals surface area contributed by atoms with Crippen LogP contribution in [0.3, 0.4) is 0 Å². The van der Waals surface area contributed by atoms with Gasteiger partial charge in [-0.2, -0.15) is 5.26 Å².